The summed E-state index contributed by atoms with van der Waals surface area (Å²) in [4.78, 5) is 67.4. The highest BCUT2D eigenvalue weighted by atomic mass is 16.6. The number of nitrogens with one attached hydrogen (secondary N) is 2. The fraction of sp³-hybridized carbons (Fsp3) is 0.405. The number of ketones is 1. The van der Waals surface area contributed by atoms with Crippen LogP contribution in [0.15, 0.2) is 27.3 Å². The Morgan fingerprint density at radius 1 is 0.804 bits per heavy atom. The van der Waals surface area contributed by atoms with Gasteiger partial charge in [-0.25, -0.2) is 0 Å². The Labute approximate surface area is 321 Å². The molecule has 1 saturated carbocycles. The second-order valence-corrected chi connectivity index (χ2v) is 14.6. The quantitative estimate of drug-likeness (QED) is 0.0470. The Morgan fingerprint density at radius 2 is 1.46 bits per heavy atom. The second-order valence-electron chi connectivity index (χ2n) is 14.6. The smallest absolute Gasteiger partial charge is 0.322 e. The van der Waals surface area contributed by atoms with E-state index in [4.69, 9.17) is 23.7 Å². The Kier molecular flexibility index (Phi) is 10.3. The average Bonchev–Trinajstić information content (AvgIpc) is 3.30. The molecular weight excluding hydrogens is 724 g/mol. The first-order valence-electron chi connectivity index (χ1n) is 18.5. The van der Waals surface area contributed by atoms with Crippen LogP contribution in [-0.4, -0.2) is 82.7 Å². The fourth-order valence-electron chi connectivity index (χ4n) is 8.96. The molecule has 1 unspecified atom stereocenters. The molecule has 294 valence electrons. The maximum absolute atomic E-state index is 15.1. The number of hydrogen-bond acceptors (Lipinski definition) is 13. The summed E-state index contributed by atoms with van der Waals surface area (Å²) in [5.41, 5.74) is 0.770. The Morgan fingerprint density at radius 3 is 2.07 bits per heavy atom. The fourth-order valence-corrected chi connectivity index (χ4v) is 8.96. The van der Waals surface area contributed by atoms with Gasteiger partial charge in [-0.05, 0) is 50.8 Å². The van der Waals surface area contributed by atoms with Crippen molar-refractivity contribution in [2.75, 3.05) is 65.4 Å². The zero-order chi connectivity index (χ0) is 40.2. The highest BCUT2D eigenvalue weighted by Crippen LogP contribution is 2.57. The molecule has 1 fully saturated rings. The first-order valence-corrected chi connectivity index (χ1v) is 18.5. The second kappa shape index (κ2) is 15.0. The van der Waals surface area contributed by atoms with Gasteiger partial charge in [-0.15, -0.1) is 0 Å². The number of carboxylic acid groups (broad SMARTS) is 1. The van der Waals surface area contributed by atoms with E-state index in [1.165, 1.54) is 34.3 Å². The molecular formula is C42H44N2O12. The molecule has 1 atom stereocenters. The van der Waals surface area contributed by atoms with Gasteiger partial charge in [0.2, 0.25) is 5.43 Å². The number of fused-ring (bicyclic) bond motifs is 1. The largest absolute Gasteiger partial charge is 0.504 e. The summed E-state index contributed by atoms with van der Waals surface area (Å²) >= 11 is 0. The lowest BCUT2D eigenvalue weighted by atomic mass is 9.80. The van der Waals surface area contributed by atoms with Crippen molar-refractivity contribution in [3.63, 3.8) is 0 Å². The monoisotopic (exact) mass is 768 g/mol. The minimum atomic E-state index is -1.16. The third kappa shape index (κ3) is 6.03. The van der Waals surface area contributed by atoms with E-state index in [9.17, 15) is 29.4 Å². The number of anilines is 2. The van der Waals surface area contributed by atoms with Crippen LogP contribution in [0.25, 0.3) is 49.2 Å². The van der Waals surface area contributed by atoms with Gasteiger partial charge >= 0.3 is 11.9 Å². The standard InChI is InChI=1S/C42H44N2O12/c1-18-13-22-29-34-30(39(49)38(22)44-16-20-7-9-21(10-8-20)42(51)56-12-11-52-3)23(43-17-27(47)48)14-25(53-4)32(34)33-26(54-5)15-24(46)31-36(33)35(29)37(28(18)19(2)45)41(55-6)40(31)50/h13-15,20-21,28,43-44,50H,7-12,16-17H2,1-6H3,(H,47,48). The van der Waals surface area contributed by atoms with Crippen molar-refractivity contribution in [3.05, 3.63) is 49.3 Å². The number of hydrogen-bond donors (Lipinski definition) is 4. The van der Waals surface area contributed by atoms with Crippen LogP contribution in [0.4, 0.5) is 11.4 Å². The van der Waals surface area contributed by atoms with E-state index < -0.39 is 35.0 Å². The van der Waals surface area contributed by atoms with Crippen molar-refractivity contribution < 1.29 is 48.3 Å². The molecule has 0 bridgehead atoms. The number of ether oxygens (including phenoxy) is 5. The third-order valence-corrected chi connectivity index (χ3v) is 11.4. The number of benzene rings is 5. The predicted octanol–water partition coefficient (Wildman–Crippen LogP) is 5.62. The van der Waals surface area contributed by atoms with Crippen LogP contribution in [0.1, 0.15) is 56.6 Å². The predicted molar refractivity (Wildman–Crippen MR) is 213 cm³/mol. The van der Waals surface area contributed by atoms with Gasteiger partial charge in [-0.2, -0.15) is 0 Å². The van der Waals surface area contributed by atoms with Crippen molar-refractivity contribution in [2.45, 2.75) is 45.4 Å². The zero-order valence-corrected chi connectivity index (χ0v) is 32.1. The molecule has 14 heteroatoms. The van der Waals surface area contributed by atoms with Gasteiger partial charge in [0, 0.05) is 63.8 Å². The molecule has 0 spiro atoms. The Bertz CT molecular complexity index is 2570. The number of phenols is 1. The molecule has 56 heavy (non-hydrogen) atoms. The summed E-state index contributed by atoms with van der Waals surface area (Å²) in [6.45, 7) is 3.58. The van der Waals surface area contributed by atoms with Crippen LogP contribution < -0.4 is 35.7 Å². The van der Waals surface area contributed by atoms with Gasteiger partial charge in [-0.1, -0.05) is 11.6 Å². The minimum absolute atomic E-state index is 0.0524. The highest BCUT2D eigenvalue weighted by molar-refractivity contribution is 6.40. The topological polar surface area (TPSA) is 196 Å². The molecule has 0 amide bonds. The van der Waals surface area contributed by atoms with Gasteiger partial charge in [0.1, 0.15) is 30.4 Å². The molecule has 0 saturated heterocycles. The third-order valence-electron chi connectivity index (χ3n) is 11.4. The van der Waals surface area contributed by atoms with E-state index >= 15 is 4.79 Å². The van der Waals surface area contributed by atoms with Crippen LogP contribution in [0.3, 0.4) is 0 Å². The molecule has 0 heterocycles. The van der Waals surface area contributed by atoms with Gasteiger partial charge in [0.05, 0.1) is 61.9 Å². The maximum Gasteiger partial charge on any atom is 0.322 e. The molecule has 5 aromatic carbocycles. The van der Waals surface area contributed by atoms with E-state index in [-0.39, 0.29) is 69.6 Å². The van der Waals surface area contributed by atoms with Gasteiger partial charge in [0.25, 0.3) is 0 Å². The number of esters is 1. The van der Waals surface area contributed by atoms with E-state index in [2.05, 4.69) is 10.6 Å². The van der Waals surface area contributed by atoms with Gasteiger partial charge in [0.15, 0.2) is 16.9 Å². The number of aromatic hydroxyl groups is 1. The first-order chi connectivity index (χ1) is 26.9. The van der Waals surface area contributed by atoms with E-state index in [1.54, 1.807) is 26.2 Å². The molecule has 4 N–H and O–H groups in total. The van der Waals surface area contributed by atoms with Crippen LogP contribution >= 0.6 is 0 Å². The number of carboxylic acids is 1. The molecule has 2 aliphatic rings. The lowest BCUT2D eigenvalue weighted by Crippen LogP contribution is -2.28. The van der Waals surface area contributed by atoms with Gasteiger partial charge < -0.3 is 44.5 Å². The first kappa shape index (κ1) is 38.4. The molecule has 14 nitrogen and oxygen atoms in total. The number of phenolic OH excluding ortho intramolecular Hbond substituents is 1. The number of carbonyl (C=O) groups is 3. The number of carbonyl (C=O) groups excluding carboxylic acids is 2. The molecule has 5 aromatic rings. The minimum Gasteiger partial charge on any atom is -0.504 e. The van der Waals surface area contributed by atoms with E-state index in [0.717, 1.165) is 0 Å². The van der Waals surface area contributed by atoms with Crippen LogP contribution in [-0.2, 0) is 23.9 Å². The highest BCUT2D eigenvalue weighted by Gasteiger charge is 2.37. The Balaban J connectivity index is 1.57. The van der Waals surface area contributed by atoms with E-state index in [1.807, 2.05) is 0 Å². The number of Topliss-reactive ketones (excluding diaryl/α,β-unsaturated/α-hetero) is 1. The molecule has 0 radical (unpaired) electrons. The lowest BCUT2D eigenvalue weighted by molar-refractivity contribution is -0.151. The Hall–Kier alpha value is -5.89. The number of methoxy groups -OCH3 is 4. The van der Waals surface area contributed by atoms with Crippen LogP contribution in [0.2, 0.25) is 0 Å². The summed E-state index contributed by atoms with van der Waals surface area (Å²) in [6.07, 6.45) is 4.43. The number of allylic oxidation sites excluding steroid dienone is 1. The zero-order valence-electron chi connectivity index (χ0n) is 32.1. The van der Waals surface area contributed by atoms with Crippen molar-refractivity contribution in [2.24, 2.45) is 11.8 Å². The molecule has 2 aliphatic carbocycles. The molecule has 0 aliphatic heterocycles. The van der Waals surface area contributed by atoms with Gasteiger partial charge in [-0.3, -0.25) is 24.0 Å². The van der Waals surface area contributed by atoms with Crippen molar-refractivity contribution >= 4 is 78.3 Å². The summed E-state index contributed by atoms with van der Waals surface area (Å²) in [7, 11) is 5.74. The summed E-state index contributed by atoms with van der Waals surface area (Å²) in [5.74, 6) is -2.85. The van der Waals surface area contributed by atoms with E-state index in [0.29, 0.717) is 87.9 Å². The van der Waals surface area contributed by atoms with Crippen molar-refractivity contribution in [3.8, 4) is 23.0 Å². The van der Waals surface area contributed by atoms with Crippen LogP contribution in [0, 0.1) is 11.8 Å². The summed E-state index contributed by atoms with van der Waals surface area (Å²) < 4.78 is 28.0. The maximum atomic E-state index is 15.1. The summed E-state index contributed by atoms with van der Waals surface area (Å²) in [6, 6.07) is 2.80. The normalized spacial score (nSPS) is 18.0. The SMILES string of the molecule is COCCOC(=O)C1CCC(CNc2c3c4c5c(c(OC)c(O)c6c(=O)cc(OC)c(c7c(OC)cc(NCC(=O)O)c(c2=O)c74)c65)C(C(C)=O)C(C)=C3)CC1. The summed E-state index contributed by atoms with van der Waals surface area (Å²) in [5, 5.41) is 30.4. The van der Waals surface area contributed by atoms with Crippen molar-refractivity contribution in [1.29, 1.82) is 0 Å². The molecule has 7 rings (SSSR count). The van der Waals surface area contributed by atoms with Crippen LogP contribution in [0.5, 0.6) is 23.0 Å². The van der Waals surface area contributed by atoms with Crippen molar-refractivity contribution in [1.82, 2.24) is 0 Å². The number of aliphatic carboxylic acids is 1. The lowest BCUT2D eigenvalue weighted by Gasteiger charge is -2.28. The average molecular weight is 769 g/mol. The number of rotatable bonds is 14. The molecule has 0 aromatic heterocycles.